The molecule has 0 radical (unpaired) electrons. The van der Waals surface area contributed by atoms with Gasteiger partial charge in [-0.3, -0.25) is 0 Å². The maximum absolute atomic E-state index is 12.9. The lowest BCUT2D eigenvalue weighted by Gasteiger charge is -2.25. The van der Waals surface area contributed by atoms with Gasteiger partial charge in [-0.15, -0.1) is 0 Å². The zero-order valence-electron chi connectivity index (χ0n) is 12.4. The van der Waals surface area contributed by atoms with E-state index in [4.69, 9.17) is 4.74 Å². The minimum Gasteiger partial charge on any atom is -0.395 e. The van der Waals surface area contributed by atoms with Crippen LogP contribution >= 0.6 is 0 Å². The molecule has 0 aromatic rings. The third-order valence-corrected chi connectivity index (χ3v) is 4.97. The highest BCUT2D eigenvalue weighted by Crippen LogP contribution is 2.60. The van der Waals surface area contributed by atoms with Gasteiger partial charge in [0.25, 0.3) is 0 Å². The van der Waals surface area contributed by atoms with E-state index < -0.39 is 11.6 Å². The Labute approximate surface area is 124 Å². The van der Waals surface area contributed by atoms with E-state index in [0.717, 1.165) is 39.0 Å². The van der Waals surface area contributed by atoms with Crippen LogP contribution in [0.25, 0.3) is 0 Å². The molecule has 0 aromatic heterocycles. The summed E-state index contributed by atoms with van der Waals surface area (Å²) in [6.07, 6.45) is 0.0495. The molecule has 0 bridgehead atoms. The van der Waals surface area contributed by atoms with Crippen molar-refractivity contribution in [2.45, 2.75) is 57.2 Å². The summed E-state index contributed by atoms with van der Waals surface area (Å²) < 4.78 is 43.8. The average Bonchev–Trinajstić information content (AvgIpc) is 3.24. The predicted molar refractivity (Wildman–Crippen MR) is 74.0 cm³/mol. The summed E-state index contributed by atoms with van der Waals surface area (Å²) in [5, 5.41) is 12.5. The first kappa shape index (κ1) is 17.0. The highest BCUT2D eigenvalue weighted by Gasteiger charge is 2.62. The van der Waals surface area contributed by atoms with Gasteiger partial charge in [-0.05, 0) is 57.4 Å². The van der Waals surface area contributed by atoms with Crippen molar-refractivity contribution in [2.75, 3.05) is 26.4 Å². The number of alkyl halides is 3. The molecule has 124 valence electrons. The quantitative estimate of drug-likeness (QED) is 0.724. The Morgan fingerprint density at radius 1 is 1.24 bits per heavy atom. The smallest absolute Gasteiger partial charge is 0.394 e. The van der Waals surface area contributed by atoms with Gasteiger partial charge in [-0.25, -0.2) is 0 Å². The second-order valence-electron chi connectivity index (χ2n) is 6.49. The van der Waals surface area contributed by atoms with Gasteiger partial charge in [0.2, 0.25) is 0 Å². The highest BCUT2D eigenvalue weighted by atomic mass is 19.4. The Bertz CT molecular complexity index is 313. The second-order valence-corrected chi connectivity index (χ2v) is 6.49. The van der Waals surface area contributed by atoms with Crippen LogP contribution in [0, 0.1) is 11.3 Å². The lowest BCUT2D eigenvalue weighted by Crippen LogP contribution is -2.36. The van der Waals surface area contributed by atoms with Crippen LogP contribution in [-0.2, 0) is 4.74 Å². The molecule has 1 saturated carbocycles. The maximum Gasteiger partial charge on any atom is 0.394 e. The van der Waals surface area contributed by atoms with E-state index >= 15 is 0 Å². The van der Waals surface area contributed by atoms with Crippen LogP contribution in [0.2, 0.25) is 0 Å². The first-order chi connectivity index (χ1) is 9.97. The summed E-state index contributed by atoms with van der Waals surface area (Å²) in [4.78, 5) is 0. The highest BCUT2D eigenvalue weighted by molar-refractivity contribution is 4.99. The molecule has 21 heavy (non-hydrogen) atoms. The number of hydrogen-bond donors (Lipinski definition) is 2. The first-order valence-electron chi connectivity index (χ1n) is 7.95. The van der Waals surface area contributed by atoms with Crippen molar-refractivity contribution < 1.29 is 23.0 Å². The molecule has 0 aromatic carbocycles. The SMILES string of the molecule is OC[C@H](CCC1(C(F)(F)F)CC1)NCCC1CCOCC1. The molecule has 0 spiro atoms. The van der Waals surface area contributed by atoms with Gasteiger partial charge in [0.1, 0.15) is 0 Å². The summed E-state index contributed by atoms with van der Waals surface area (Å²) in [5.74, 6) is 0.635. The number of aliphatic hydroxyl groups excluding tert-OH is 1. The zero-order valence-corrected chi connectivity index (χ0v) is 12.4. The minimum absolute atomic E-state index is 0.0955. The van der Waals surface area contributed by atoms with Gasteiger partial charge in [0.05, 0.1) is 12.0 Å². The van der Waals surface area contributed by atoms with Crippen LogP contribution < -0.4 is 5.32 Å². The molecule has 6 heteroatoms. The average molecular weight is 309 g/mol. The molecule has 1 aliphatic heterocycles. The van der Waals surface area contributed by atoms with Crippen LogP contribution in [0.4, 0.5) is 13.2 Å². The van der Waals surface area contributed by atoms with Crippen molar-refractivity contribution in [2.24, 2.45) is 11.3 Å². The van der Waals surface area contributed by atoms with E-state index in [9.17, 15) is 18.3 Å². The third-order valence-electron chi connectivity index (χ3n) is 4.97. The molecule has 2 rings (SSSR count). The largest absolute Gasteiger partial charge is 0.395 e. The Morgan fingerprint density at radius 2 is 1.90 bits per heavy atom. The summed E-state index contributed by atoms with van der Waals surface area (Å²) in [5.41, 5.74) is -1.46. The summed E-state index contributed by atoms with van der Waals surface area (Å²) in [6, 6.07) is -0.218. The zero-order chi connectivity index (χ0) is 15.3. The van der Waals surface area contributed by atoms with E-state index in [1.807, 2.05) is 0 Å². The monoisotopic (exact) mass is 309 g/mol. The lowest BCUT2D eigenvalue weighted by molar-refractivity contribution is -0.189. The van der Waals surface area contributed by atoms with Gasteiger partial charge >= 0.3 is 6.18 Å². The van der Waals surface area contributed by atoms with Crippen molar-refractivity contribution in [3.8, 4) is 0 Å². The lowest BCUT2D eigenvalue weighted by atomic mass is 9.95. The molecule has 2 fully saturated rings. The summed E-state index contributed by atoms with van der Waals surface area (Å²) >= 11 is 0. The molecule has 1 heterocycles. The molecular formula is C15H26F3NO2. The van der Waals surface area contributed by atoms with Crippen molar-refractivity contribution in [3.05, 3.63) is 0 Å². The van der Waals surface area contributed by atoms with E-state index in [2.05, 4.69) is 5.32 Å². The molecule has 3 nitrogen and oxygen atoms in total. The van der Waals surface area contributed by atoms with Gasteiger partial charge < -0.3 is 15.2 Å². The third kappa shape index (κ3) is 4.83. The number of nitrogens with one attached hydrogen (secondary N) is 1. The van der Waals surface area contributed by atoms with Gasteiger partial charge in [0.15, 0.2) is 0 Å². The Hall–Kier alpha value is -0.330. The Balaban J connectivity index is 1.64. The van der Waals surface area contributed by atoms with Crippen LogP contribution in [0.3, 0.4) is 0 Å². The molecule has 0 unspecified atom stereocenters. The van der Waals surface area contributed by atoms with Crippen LogP contribution in [0.1, 0.15) is 44.9 Å². The number of hydrogen-bond acceptors (Lipinski definition) is 3. The molecule has 1 atom stereocenters. The predicted octanol–water partition coefficient (Wildman–Crippen LogP) is 2.88. The van der Waals surface area contributed by atoms with Crippen LogP contribution in [0.15, 0.2) is 0 Å². The molecule has 0 amide bonds. The maximum atomic E-state index is 12.9. The van der Waals surface area contributed by atoms with Crippen molar-refractivity contribution in [1.82, 2.24) is 5.32 Å². The van der Waals surface area contributed by atoms with E-state index in [1.165, 1.54) is 0 Å². The number of halogens is 3. The fourth-order valence-corrected chi connectivity index (χ4v) is 3.06. The van der Waals surface area contributed by atoms with Gasteiger partial charge in [-0.2, -0.15) is 13.2 Å². The van der Waals surface area contributed by atoms with Crippen molar-refractivity contribution in [3.63, 3.8) is 0 Å². The van der Waals surface area contributed by atoms with E-state index in [-0.39, 0.29) is 31.9 Å². The summed E-state index contributed by atoms with van der Waals surface area (Å²) in [6.45, 7) is 2.28. The molecule has 1 aliphatic carbocycles. The second kappa shape index (κ2) is 7.29. The van der Waals surface area contributed by atoms with E-state index in [0.29, 0.717) is 12.3 Å². The fourth-order valence-electron chi connectivity index (χ4n) is 3.06. The molecule has 1 saturated heterocycles. The van der Waals surface area contributed by atoms with E-state index in [1.54, 1.807) is 0 Å². The standard InChI is InChI=1S/C15H26F3NO2/c16-15(17,18)14(6-7-14)5-1-13(11-20)19-8-2-12-3-9-21-10-4-12/h12-13,19-20H,1-11H2/t13-/m0/s1. The number of ether oxygens (including phenoxy) is 1. The Morgan fingerprint density at radius 3 is 2.43 bits per heavy atom. The Kier molecular flexibility index (Phi) is 5.91. The van der Waals surface area contributed by atoms with Crippen LogP contribution in [0.5, 0.6) is 0 Å². The van der Waals surface area contributed by atoms with Crippen molar-refractivity contribution >= 4 is 0 Å². The molecular weight excluding hydrogens is 283 g/mol. The fraction of sp³-hybridized carbons (Fsp3) is 1.00. The van der Waals surface area contributed by atoms with Gasteiger partial charge in [-0.1, -0.05) is 0 Å². The van der Waals surface area contributed by atoms with Gasteiger partial charge in [0, 0.05) is 19.3 Å². The minimum atomic E-state index is -4.09. The molecule has 2 N–H and O–H groups in total. The first-order valence-corrected chi connectivity index (χ1v) is 7.95. The topological polar surface area (TPSA) is 41.5 Å². The number of aliphatic hydroxyl groups is 1. The normalized spacial score (nSPS) is 24.0. The summed E-state index contributed by atoms with van der Waals surface area (Å²) in [7, 11) is 0. The van der Waals surface area contributed by atoms with Crippen molar-refractivity contribution in [1.29, 1.82) is 0 Å². The number of rotatable bonds is 8. The van der Waals surface area contributed by atoms with Crippen LogP contribution in [-0.4, -0.2) is 43.7 Å². The molecule has 2 aliphatic rings.